The summed E-state index contributed by atoms with van der Waals surface area (Å²) in [6, 6.07) is 3.32. The van der Waals surface area contributed by atoms with E-state index in [-0.39, 0.29) is 16.3 Å². The van der Waals surface area contributed by atoms with E-state index in [2.05, 4.69) is 9.88 Å². The molecule has 0 spiro atoms. The van der Waals surface area contributed by atoms with Gasteiger partial charge < -0.3 is 9.80 Å². The number of aromatic nitrogens is 1. The van der Waals surface area contributed by atoms with Gasteiger partial charge in [-0.05, 0) is 26.6 Å². The number of nitrogens with zero attached hydrogens (tertiary/aromatic N) is 4. The lowest BCUT2D eigenvalue weighted by molar-refractivity contribution is 0.151. The number of pyridine rings is 1. The lowest BCUT2D eigenvalue weighted by Gasteiger charge is -2.22. The number of alkyl halides is 2. The predicted octanol–water partition coefficient (Wildman–Crippen LogP) is 2.68. The van der Waals surface area contributed by atoms with E-state index >= 15 is 0 Å². The van der Waals surface area contributed by atoms with Crippen LogP contribution in [0.4, 0.5) is 14.6 Å². The Morgan fingerprint density at radius 1 is 1.55 bits per heavy atom. The minimum Gasteiger partial charge on any atom is -0.355 e. The third kappa shape index (κ3) is 2.84. The smallest absolute Gasteiger partial charge is 0.265 e. The number of hydrogen-bond donors (Lipinski definition) is 0. The molecule has 0 bridgehead atoms. The summed E-state index contributed by atoms with van der Waals surface area (Å²) >= 11 is 5.85. The summed E-state index contributed by atoms with van der Waals surface area (Å²) in [5.74, 6) is 0.411. The molecule has 1 atom stereocenters. The van der Waals surface area contributed by atoms with Crippen LogP contribution in [0.15, 0.2) is 6.07 Å². The number of rotatable bonds is 3. The van der Waals surface area contributed by atoms with Crippen molar-refractivity contribution in [2.24, 2.45) is 0 Å². The number of halogens is 3. The highest BCUT2D eigenvalue weighted by molar-refractivity contribution is 6.30. The first-order valence-electron chi connectivity index (χ1n) is 6.24. The third-order valence-electron chi connectivity index (χ3n) is 3.56. The molecule has 4 nitrogen and oxygen atoms in total. The predicted molar refractivity (Wildman–Crippen MR) is 73.2 cm³/mol. The van der Waals surface area contributed by atoms with Gasteiger partial charge in [-0.15, -0.1) is 0 Å². The zero-order valence-corrected chi connectivity index (χ0v) is 12.0. The lowest BCUT2D eigenvalue weighted by atomic mass is 10.1. The van der Waals surface area contributed by atoms with Gasteiger partial charge in [-0.3, -0.25) is 0 Å². The molecule has 1 aliphatic rings. The van der Waals surface area contributed by atoms with Gasteiger partial charge in [0.25, 0.3) is 6.43 Å². The second-order valence-corrected chi connectivity index (χ2v) is 5.36. The SMILES string of the molecule is CN(C)[C@H]1CCN(c2cc(C(F)F)c(C#N)c(Cl)n2)C1. The molecular formula is C13H15ClF2N4. The maximum atomic E-state index is 13.0. The van der Waals surface area contributed by atoms with Crippen LogP contribution in [0.5, 0.6) is 0 Å². The summed E-state index contributed by atoms with van der Waals surface area (Å²) in [4.78, 5) is 8.10. The summed E-state index contributed by atoms with van der Waals surface area (Å²) in [7, 11) is 3.97. The molecular weight excluding hydrogens is 286 g/mol. The largest absolute Gasteiger partial charge is 0.355 e. The van der Waals surface area contributed by atoms with Crippen LogP contribution in [-0.4, -0.2) is 43.1 Å². The second kappa shape index (κ2) is 5.90. The van der Waals surface area contributed by atoms with Gasteiger partial charge in [0.15, 0.2) is 0 Å². The highest BCUT2D eigenvalue weighted by Gasteiger charge is 2.27. The Bertz CT molecular complexity index is 542. The topological polar surface area (TPSA) is 43.2 Å². The standard InChI is InChI=1S/C13H15ClF2N4/c1-19(2)8-3-4-20(7-8)11-5-9(13(15)16)10(6-17)12(14)18-11/h5,8,13H,3-4,7H2,1-2H3/t8-/m0/s1. The first-order chi connectivity index (χ1) is 9.43. The Balaban J connectivity index is 2.33. The lowest BCUT2D eigenvalue weighted by Crippen LogP contribution is -2.31. The van der Waals surface area contributed by atoms with Crippen LogP contribution >= 0.6 is 11.6 Å². The molecule has 0 unspecified atom stereocenters. The van der Waals surface area contributed by atoms with Gasteiger partial charge in [-0.2, -0.15) is 5.26 Å². The van der Waals surface area contributed by atoms with Crippen molar-refractivity contribution in [2.45, 2.75) is 18.9 Å². The molecule has 1 fully saturated rings. The minimum atomic E-state index is -2.74. The van der Waals surface area contributed by atoms with E-state index in [1.807, 2.05) is 19.0 Å². The van der Waals surface area contributed by atoms with Gasteiger partial charge in [0.1, 0.15) is 17.0 Å². The Kier molecular flexibility index (Phi) is 4.41. The van der Waals surface area contributed by atoms with Crippen molar-refractivity contribution in [3.05, 3.63) is 22.3 Å². The van der Waals surface area contributed by atoms with Crippen LogP contribution in [-0.2, 0) is 0 Å². The zero-order chi connectivity index (χ0) is 14.9. The summed E-state index contributed by atoms with van der Waals surface area (Å²) in [5, 5.41) is 8.73. The normalized spacial score (nSPS) is 18.9. The molecule has 0 aromatic carbocycles. The van der Waals surface area contributed by atoms with E-state index in [0.717, 1.165) is 13.0 Å². The fourth-order valence-electron chi connectivity index (χ4n) is 2.34. The van der Waals surface area contributed by atoms with Gasteiger partial charge in [0.2, 0.25) is 0 Å². The maximum Gasteiger partial charge on any atom is 0.265 e. The fourth-order valence-corrected chi connectivity index (χ4v) is 2.57. The molecule has 0 aliphatic carbocycles. The molecule has 0 saturated carbocycles. The molecule has 1 aromatic rings. The van der Waals surface area contributed by atoms with Gasteiger partial charge in [-0.25, -0.2) is 13.8 Å². The van der Waals surface area contributed by atoms with Crippen molar-refractivity contribution in [1.29, 1.82) is 5.26 Å². The third-order valence-corrected chi connectivity index (χ3v) is 3.83. The number of hydrogen-bond acceptors (Lipinski definition) is 4. The monoisotopic (exact) mass is 300 g/mol. The summed E-state index contributed by atoms with van der Waals surface area (Å²) in [6.45, 7) is 1.45. The molecule has 0 radical (unpaired) electrons. The highest BCUT2D eigenvalue weighted by Crippen LogP contribution is 2.31. The van der Waals surface area contributed by atoms with Crippen molar-refractivity contribution in [1.82, 2.24) is 9.88 Å². The maximum absolute atomic E-state index is 13.0. The Hall–Kier alpha value is -1.45. The molecule has 1 aliphatic heterocycles. The van der Waals surface area contributed by atoms with Gasteiger partial charge >= 0.3 is 0 Å². The molecule has 1 aromatic heterocycles. The summed E-state index contributed by atoms with van der Waals surface area (Å²) in [5.41, 5.74) is -0.593. The number of likely N-dealkylation sites (N-methyl/N-ethyl adjacent to an activating group) is 1. The zero-order valence-electron chi connectivity index (χ0n) is 11.3. The number of anilines is 1. The highest BCUT2D eigenvalue weighted by atomic mass is 35.5. The van der Waals surface area contributed by atoms with Crippen molar-refractivity contribution < 1.29 is 8.78 Å². The van der Waals surface area contributed by atoms with Crippen LogP contribution in [0, 0.1) is 11.3 Å². The van der Waals surface area contributed by atoms with E-state index in [1.165, 1.54) is 6.07 Å². The average molecular weight is 301 g/mol. The Morgan fingerprint density at radius 2 is 2.25 bits per heavy atom. The molecule has 2 heterocycles. The Labute approximate surface area is 121 Å². The fraction of sp³-hybridized carbons (Fsp3) is 0.538. The quantitative estimate of drug-likeness (QED) is 0.805. The van der Waals surface area contributed by atoms with Crippen LogP contribution < -0.4 is 4.90 Å². The Morgan fingerprint density at radius 3 is 2.75 bits per heavy atom. The van der Waals surface area contributed by atoms with Gasteiger partial charge in [0, 0.05) is 24.7 Å². The average Bonchev–Trinajstić information content (AvgIpc) is 2.87. The summed E-state index contributed by atoms with van der Waals surface area (Å²) in [6.07, 6.45) is -1.80. The minimum absolute atomic E-state index is 0.159. The second-order valence-electron chi connectivity index (χ2n) is 5.00. The van der Waals surface area contributed by atoms with Crippen LogP contribution in [0.25, 0.3) is 0 Å². The van der Waals surface area contributed by atoms with E-state index in [4.69, 9.17) is 16.9 Å². The molecule has 108 valence electrons. The van der Waals surface area contributed by atoms with Crippen LogP contribution in [0.3, 0.4) is 0 Å². The molecule has 1 saturated heterocycles. The van der Waals surface area contributed by atoms with Crippen molar-refractivity contribution in [3.8, 4) is 6.07 Å². The van der Waals surface area contributed by atoms with Gasteiger partial charge in [0.05, 0.1) is 5.56 Å². The van der Waals surface area contributed by atoms with Crippen molar-refractivity contribution in [2.75, 3.05) is 32.1 Å². The van der Waals surface area contributed by atoms with E-state index in [9.17, 15) is 8.78 Å². The first-order valence-corrected chi connectivity index (χ1v) is 6.62. The molecule has 0 N–H and O–H groups in total. The van der Waals surface area contributed by atoms with Gasteiger partial charge in [-0.1, -0.05) is 11.6 Å². The molecule has 0 amide bonds. The molecule has 20 heavy (non-hydrogen) atoms. The van der Waals surface area contributed by atoms with E-state index < -0.39 is 6.43 Å². The van der Waals surface area contributed by atoms with E-state index in [0.29, 0.717) is 18.4 Å². The van der Waals surface area contributed by atoms with E-state index in [1.54, 1.807) is 6.07 Å². The van der Waals surface area contributed by atoms with Crippen molar-refractivity contribution in [3.63, 3.8) is 0 Å². The van der Waals surface area contributed by atoms with Crippen LogP contribution in [0.1, 0.15) is 24.0 Å². The van der Waals surface area contributed by atoms with Crippen LogP contribution in [0.2, 0.25) is 5.15 Å². The molecule has 7 heteroatoms. The molecule has 2 rings (SSSR count). The first kappa shape index (κ1) is 14.9. The summed E-state index contributed by atoms with van der Waals surface area (Å²) < 4.78 is 26.0. The van der Waals surface area contributed by atoms with Crippen molar-refractivity contribution >= 4 is 17.4 Å². The number of nitriles is 1.